The van der Waals surface area contributed by atoms with Crippen molar-refractivity contribution in [3.8, 4) is 0 Å². The van der Waals surface area contributed by atoms with Gasteiger partial charge in [-0.05, 0) is 79.6 Å². The summed E-state index contributed by atoms with van der Waals surface area (Å²) in [6, 6.07) is 0.176. The topological polar surface area (TPSA) is 48.0 Å². The molecule has 1 atom stereocenters. The summed E-state index contributed by atoms with van der Waals surface area (Å²) in [7, 11) is -0.290. The van der Waals surface area contributed by atoms with Gasteiger partial charge < -0.3 is 18.9 Å². The minimum atomic E-state index is -0.467. The summed E-state index contributed by atoms with van der Waals surface area (Å²) in [5, 5.41) is 0. The fourth-order valence-electron chi connectivity index (χ4n) is 3.78. The van der Waals surface area contributed by atoms with Crippen LogP contribution in [0.3, 0.4) is 0 Å². The number of amides is 1. The number of carbonyl (C=O) groups is 1. The Bertz CT molecular complexity index is 575. The zero-order valence-corrected chi connectivity index (χ0v) is 16.8. The Balaban J connectivity index is 1.81. The largest absolute Gasteiger partial charge is 0.490 e. The lowest BCUT2D eigenvalue weighted by Crippen LogP contribution is -2.47. The molecule has 0 spiro atoms. The molecule has 25 heavy (non-hydrogen) atoms. The normalized spacial score (nSPS) is 28.4. The molecule has 6 heteroatoms. The van der Waals surface area contributed by atoms with Crippen molar-refractivity contribution in [3.63, 3.8) is 0 Å². The Kier molecular flexibility index (Phi) is 4.52. The van der Waals surface area contributed by atoms with Gasteiger partial charge in [0, 0.05) is 12.6 Å². The number of nitrogens with zero attached hydrogens (tertiary/aromatic N) is 1. The fourth-order valence-corrected chi connectivity index (χ4v) is 3.78. The number of hydrogen-bond acceptors (Lipinski definition) is 4. The Morgan fingerprint density at radius 3 is 2.36 bits per heavy atom. The minimum Gasteiger partial charge on any atom is -0.444 e. The molecule has 3 heterocycles. The molecule has 1 unspecified atom stereocenters. The summed E-state index contributed by atoms with van der Waals surface area (Å²) < 4.78 is 18.2. The van der Waals surface area contributed by atoms with Gasteiger partial charge in [-0.25, -0.2) is 4.79 Å². The number of fused-ring (bicyclic) bond motifs is 4. The third-order valence-electron chi connectivity index (χ3n) is 5.89. The Morgan fingerprint density at radius 2 is 1.80 bits per heavy atom. The van der Waals surface area contributed by atoms with Gasteiger partial charge in [0.1, 0.15) is 5.60 Å². The third-order valence-corrected chi connectivity index (χ3v) is 5.89. The molecule has 1 amide bonds. The molecule has 2 fully saturated rings. The summed E-state index contributed by atoms with van der Waals surface area (Å²) >= 11 is 0. The lowest BCUT2D eigenvalue weighted by molar-refractivity contribution is 0.00578. The number of carbonyl (C=O) groups excluding carboxylic acids is 1. The van der Waals surface area contributed by atoms with Crippen molar-refractivity contribution in [1.82, 2.24) is 4.90 Å². The summed E-state index contributed by atoms with van der Waals surface area (Å²) in [6.45, 7) is 14.7. The zero-order chi connectivity index (χ0) is 18.6. The quantitative estimate of drug-likeness (QED) is 0.669. The van der Waals surface area contributed by atoms with Crippen LogP contribution in [0.1, 0.15) is 74.1 Å². The highest BCUT2D eigenvalue weighted by Crippen LogP contribution is 2.43. The highest BCUT2D eigenvalue weighted by atomic mass is 16.7. The molecule has 5 nitrogen and oxygen atoms in total. The van der Waals surface area contributed by atoms with Crippen molar-refractivity contribution in [1.29, 1.82) is 0 Å². The molecule has 4 rings (SSSR count). The number of rotatable bonds is 1. The van der Waals surface area contributed by atoms with Crippen LogP contribution >= 0.6 is 0 Å². The number of hydrogen-bond donors (Lipinski definition) is 0. The Morgan fingerprint density at radius 1 is 1.20 bits per heavy atom. The van der Waals surface area contributed by atoms with Gasteiger partial charge in [-0.2, -0.15) is 0 Å². The first kappa shape index (κ1) is 18.8. The van der Waals surface area contributed by atoms with Crippen LogP contribution < -0.4 is 0 Å². The van der Waals surface area contributed by atoms with E-state index in [1.807, 2.05) is 25.7 Å². The molecule has 0 aromatic carbocycles. The SMILES string of the molecule is CC(C)(C)OC(=O)N1CC2=C(B3OC(C)(C)C(C)(C)O3)CC1CCC2. The zero-order valence-electron chi connectivity index (χ0n) is 16.8. The van der Waals surface area contributed by atoms with E-state index in [0.717, 1.165) is 25.7 Å². The Hall–Kier alpha value is -1.01. The molecule has 4 aliphatic rings. The molecule has 2 bridgehead atoms. The highest BCUT2D eigenvalue weighted by Gasteiger charge is 2.54. The van der Waals surface area contributed by atoms with Crippen molar-refractivity contribution >= 4 is 13.2 Å². The van der Waals surface area contributed by atoms with E-state index >= 15 is 0 Å². The van der Waals surface area contributed by atoms with Crippen molar-refractivity contribution in [2.45, 2.75) is 97.0 Å². The lowest BCUT2D eigenvalue weighted by Gasteiger charge is -2.37. The van der Waals surface area contributed by atoms with Gasteiger partial charge in [0.05, 0.1) is 11.2 Å². The first-order valence-electron chi connectivity index (χ1n) is 9.46. The molecular formula is C19H32BNO4. The molecule has 0 aromatic rings. The second kappa shape index (κ2) is 6.02. The van der Waals surface area contributed by atoms with E-state index < -0.39 is 5.60 Å². The van der Waals surface area contributed by atoms with Crippen LogP contribution in [-0.4, -0.2) is 47.5 Å². The molecule has 140 valence electrons. The summed E-state index contributed by atoms with van der Waals surface area (Å²) in [5.41, 5.74) is 1.41. The predicted octanol–water partition coefficient (Wildman–Crippen LogP) is 4.11. The first-order chi connectivity index (χ1) is 11.4. The second-order valence-corrected chi connectivity index (χ2v) is 9.58. The van der Waals surface area contributed by atoms with Crippen LogP contribution in [0.15, 0.2) is 11.0 Å². The highest BCUT2D eigenvalue weighted by molar-refractivity contribution is 6.55. The van der Waals surface area contributed by atoms with Gasteiger partial charge in [0.2, 0.25) is 0 Å². The van der Waals surface area contributed by atoms with Crippen molar-refractivity contribution in [2.75, 3.05) is 6.54 Å². The van der Waals surface area contributed by atoms with Gasteiger partial charge in [0.25, 0.3) is 0 Å². The minimum absolute atomic E-state index is 0.176. The summed E-state index contributed by atoms with van der Waals surface area (Å²) in [5.74, 6) is 0. The van der Waals surface area contributed by atoms with E-state index in [0.29, 0.717) is 6.54 Å². The molecule has 0 saturated carbocycles. The van der Waals surface area contributed by atoms with E-state index in [-0.39, 0.29) is 30.5 Å². The maximum absolute atomic E-state index is 12.6. The molecule has 2 saturated heterocycles. The van der Waals surface area contributed by atoms with Crippen LogP contribution in [0.5, 0.6) is 0 Å². The van der Waals surface area contributed by atoms with E-state index in [2.05, 4.69) is 27.7 Å². The van der Waals surface area contributed by atoms with Crippen LogP contribution in [0.4, 0.5) is 4.79 Å². The first-order valence-corrected chi connectivity index (χ1v) is 9.46. The molecule has 3 aliphatic heterocycles. The smallest absolute Gasteiger partial charge is 0.444 e. The molecule has 0 aromatic heterocycles. The standard InChI is InChI=1S/C19H32BNO4/c1-17(2,3)23-16(22)21-12-13-9-8-10-14(21)11-15(13)20-24-18(4,5)19(6,7)25-20/h14H,8-12H2,1-7H3. The summed E-state index contributed by atoms with van der Waals surface area (Å²) in [4.78, 5) is 14.5. The van der Waals surface area contributed by atoms with Crippen LogP contribution in [0.25, 0.3) is 0 Å². The van der Waals surface area contributed by atoms with Gasteiger partial charge in [-0.1, -0.05) is 5.57 Å². The maximum Gasteiger partial charge on any atom is 0.490 e. The van der Waals surface area contributed by atoms with Gasteiger partial charge >= 0.3 is 13.2 Å². The van der Waals surface area contributed by atoms with E-state index in [1.54, 1.807) is 0 Å². The Labute approximate surface area is 152 Å². The van der Waals surface area contributed by atoms with Crippen molar-refractivity contribution < 1.29 is 18.8 Å². The van der Waals surface area contributed by atoms with E-state index in [9.17, 15) is 4.79 Å². The second-order valence-electron chi connectivity index (χ2n) is 9.58. The molecule has 0 radical (unpaired) electrons. The summed E-state index contributed by atoms with van der Waals surface area (Å²) in [6.07, 6.45) is 3.74. The van der Waals surface area contributed by atoms with Gasteiger partial charge in [-0.3, -0.25) is 0 Å². The van der Waals surface area contributed by atoms with Crippen molar-refractivity contribution in [3.05, 3.63) is 11.0 Å². The van der Waals surface area contributed by atoms with Crippen LogP contribution in [0, 0.1) is 0 Å². The molecule has 1 aliphatic carbocycles. The monoisotopic (exact) mass is 349 g/mol. The van der Waals surface area contributed by atoms with Gasteiger partial charge in [0.15, 0.2) is 0 Å². The van der Waals surface area contributed by atoms with Crippen LogP contribution in [0.2, 0.25) is 0 Å². The van der Waals surface area contributed by atoms with Gasteiger partial charge in [-0.15, -0.1) is 0 Å². The predicted molar refractivity (Wildman–Crippen MR) is 98.3 cm³/mol. The van der Waals surface area contributed by atoms with E-state index in [4.69, 9.17) is 14.0 Å². The van der Waals surface area contributed by atoms with Crippen molar-refractivity contribution in [2.24, 2.45) is 0 Å². The fraction of sp³-hybridized carbons (Fsp3) is 0.842. The maximum atomic E-state index is 12.6. The molecular weight excluding hydrogens is 317 g/mol. The average molecular weight is 349 g/mol. The van der Waals surface area contributed by atoms with E-state index in [1.165, 1.54) is 11.0 Å². The van der Waals surface area contributed by atoms with Crippen LogP contribution in [-0.2, 0) is 14.0 Å². The third kappa shape index (κ3) is 3.61. The number of ether oxygens (including phenoxy) is 1. The average Bonchev–Trinajstić information content (AvgIpc) is 2.67. The lowest BCUT2D eigenvalue weighted by atomic mass is 9.70. The molecule has 0 N–H and O–H groups in total.